The topological polar surface area (TPSA) is 8.17 Å². The first-order valence-electron chi connectivity index (χ1n) is 21.2. The molecule has 1 heterocycles. The summed E-state index contributed by atoms with van der Waals surface area (Å²) in [5.74, 6) is 0. The predicted molar refractivity (Wildman–Crippen MR) is 255 cm³/mol. The number of hydrogen-bond acceptors (Lipinski definition) is 1. The lowest BCUT2D eigenvalue weighted by atomic mass is 9.63. The van der Waals surface area contributed by atoms with Gasteiger partial charge in [-0.2, -0.15) is 0 Å². The van der Waals surface area contributed by atoms with E-state index in [2.05, 4.69) is 240 Å². The molecule has 2 aliphatic carbocycles. The van der Waals surface area contributed by atoms with Crippen LogP contribution in [0.1, 0.15) is 22.3 Å². The Bertz CT molecular complexity index is 3460. The van der Waals surface area contributed by atoms with Crippen molar-refractivity contribution in [2.45, 2.75) is 5.41 Å². The van der Waals surface area contributed by atoms with Gasteiger partial charge in [-0.3, -0.25) is 0 Å². The SMILES string of the molecule is c1ccc(-c2cccc(N(c3ccccc3)c3ccc(-c4cc5c6c7c8c(cccc8ccc7n(-c7ccccc7)c6c4)C54c5ccccc5-c5ccccc54)cc3)c2)cc1. The summed E-state index contributed by atoms with van der Waals surface area (Å²) in [6.45, 7) is 0. The highest BCUT2D eigenvalue weighted by Crippen LogP contribution is 2.62. The van der Waals surface area contributed by atoms with Crippen molar-refractivity contribution in [3.63, 3.8) is 0 Å². The summed E-state index contributed by atoms with van der Waals surface area (Å²) >= 11 is 0. The number of hydrogen-bond donors (Lipinski definition) is 0. The molecule has 2 aliphatic rings. The van der Waals surface area contributed by atoms with Gasteiger partial charge < -0.3 is 9.47 Å². The van der Waals surface area contributed by atoms with Crippen molar-refractivity contribution in [3.8, 4) is 39.1 Å². The van der Waals surface area contributed by atoms with Crippen LogP contribution in [0.4, 0.5) is 17.1 Å². The third-order valence-electron chi connectivity index (χ3n) is 13.3. The Morgan fingerprint density at radius 3 is 1.62 bits per heavy atom. The first-order chi connectivity index (χ1) is 30.3. The quantitative estimate of drug-likeness (QED) is 0.163. The average molecular weight is 775 g/mol. The maximum atomic E-state index is 2.53. The second kappa shape index (κ2) is 13.0. The van der Waals surface area contributed by atoms with Gasteiger partial charge in [-0.15, -0.1) is 0 Å². The fraction of sp³-hybridized carbons (Fsp3) is 0.0169. The van der Waals surface area contributed by atoms with Gasteiger partial charge in [0.2, 0.25) is 0 Å². The number of para-hydroxylation sites is 2. The van der Waals surface area contributed by atoms with E-state index in [1.165, 1.54) is 88.2 Å². The molecule has 10 aromatic carbocycles. The summed E-state index contributed by atoms with van der Waals surface area (Å²) in [6.07, 6.45) is 0. The minimum atomic E-state index is -0.501. The van der Waals surface area contributed by atoms with Crippen molar-refractivity contribution in [3.05, 3.63) is 253 Å². The van der Waals surface area contributed by atoms with Gasteiger partial charge in [0.05, 0.1) is 16.4 Å². The smallest absolute Gasteiger partial charge is 0.0726 e. The third kappa shape index (κ3) is 4.79. The minimum Gasteiger partial charge on any atom is -0.310 e. The molecule has 1 aromatic heterocycles. The van der Waals surface area contributed by atoms with Crippen molar-refractivity contribution in [2.75, 3.05) is 4.90 Å². The Labute approximate surface area is 354 Å². The van der Waals surface area contributed by atoms with Crippen LogP contribution in [0.5, 0.6) is 0 Å². The molecular weight excluding hydrogens is 737 g/mol. The molecule has 284 valence electrons. The van der Waals surface area contributed by atoms with E-state index >= 15 is 0 Å². The second-order valence-corrected chi connectivity index (χ2v) is 16.4. The molecule has 0 amide bonds. The number of aromatic nitrogens is 1. The van der Waals surface area contributed by atoms with Gasteiger partial charge in [0.1, 0.15) is 0 Å². The average Bonchev–Trinajstić information content (AvgIpc) is 3.83. The molecule has 0 saturated carbocycles. The van der Waals surface area contributed by atoms with Crippen LogP contribution in [-0.2, 0) is 5.41 Å². The Kier molecular flexibility index (Phi) is 7.26. The van der Waals surface area contributed by atoms with Crippen LogP contribution in [0.15, 0.2) is 231 Å². The summed E-state index contributed by atoms with van der Waals surface area (Å²) in [4.78, 5) is 2.36. The van der Waals surface area contributed by atoms with Gasteiger partial charge in [-0.25, -0.2) is 0 Å². The molecule has 0 atom stereocenters. The molecular formula is C59H38N2. The molecule has 0 fully saturated rings. The van der Waals surface area contributed by atoms with E-state index in [1.807, 2.05) is 0 Å². The molecule has 0 saturated heterocycles. The molecule has 13 rings (SSSR count). The highest BCUT2D eigenvalue weighted by Gasteiger charge is 2.50. The predicted octanol–water partition coefficient (Wildman–Crippen LogP) is 15.4. The standard InChI is InChI=1S/C59H38N2/c1-4-16-39(17-5-1)42-19-14-24-47(36-42)60(44-20-6-2-7-21-44)46-33-30-40(31-34-46)43-37-53-57-55(38-43)61(45-22-8-3-9-23-45)54-35-32-41-18-15-29-52(56(41)58(54)57)59(53)50-27-12-10-25-48(50)49-26-11-13-28-51(49)59/h1-38H. The fourth-order valence-corrected chi connectivity index (χ4v) is 10.9. The monoisotopic (exact) mass is 774 g/mol. The third-order valence-corrected chi connectivity index (χ3v) is 13.3. The van der Waals surface area contributed by atoms with Crippen LogP contribution in [0.3, 0.4) is 0 Å². The van der Waals surface area contributed by atoms with Crippen LogP contribution >= 0.6 is 0 Å². The molecule has 0 N–H and O–H groups in total. The van der Waals surface area contributed by atoms with Crippen molar-refractivity contribution in [1.29, 1.82) is 0 Å². The highest BCUT2D eigenvalue weighted by molar-refractivity contribution is 6.27. The molecule has 2 nitrogen and oxygen atoms in total. The zero-order valence-electron chi connectivity index (χ0n) is 33.3. The first kappa shape index (κ1) is 34.0. The second-order valence-electron chi connectivity index (χ2n) is 16.4. The van der Waals surface area contributed by atoms with E-state index in [-0.39, 0.29) is 0 Å². The number of rotatable bonds is 6. The Morgan fingerprint density at radius 1 is 0.311 bits per heavy atom. The van der Waals surface area contributed by atoms with Crippen molar-refractivity contribution >= 4 is 49.6 Å². The van der Waals surface area contributed by atoms with E-state index in [9.17, 15) is 0 Å². The fourth-order valence-electron chi connectivity index (χ4n) is 10.9. The number of nitrogens with zero attached hydrogens (tertiary/aromatic N) is 2. The van der Waals surface area contributed by atoms with Gasteiger partial charge in [0.25, 0.3) is 0 Å². The largest absolute Gasteiger partial charge is 0.310 e. The summed E-state index contributed by atoms with van der Waals surface area (Å²) in [5, 5.41) is 5.31. The van der Waals surface area contributed by atoms with Crippen LogP contribution < -0.4 is 4.90 Å². The van der Waals surface area contributed by atoms with Crippen LogP contribution in [0.25, 0.3) is 71.6 Å². The Morgan fingerprint density at radius 2 is 0.885 bits per heavy atom. The normalized spacial score (nSPS) is 13.0. The van der Waals surface area contributed by atoms with Crippen molar-refractivity contribution < 1.29 is 0 Å². The van der Waals surface area contributed by atoms with Gasteiger partial charge in [0, 0.05) is 33.5 Å². The molecule has 2 heteroatoms. The van der Waals surface area contributed by atoms with Gasteiger partial charge in [0.15, 0.2) is 0 Å². The van der Waals surface area contributed by atoms with Gasteiger partial charge >= 0.3 is 0 Å². The summed E-state index contributed by atoms with van der Waals surface area (Å²) in [5.41, 5.74) is 19.3. The molecule has 0 unspecified atom stereocenters. The van der Waals surface area contributed by atoms with Crippen molar-refractivity contribution in [2.24, 2.45) is 0 Å². The van der Waals surface area contributed by atoms with Crippen LogP contribution in [0.2, 0.25) is 0 Å². The Balaban J connectivity index is 1.07. The zero-order valence-corrected chi connectivity index (χ0v) is 33.3. The van der Waals surface area contributed by atoms with E-state index in [1.54, 1.807) is 0 Å². The molecule has 0 aliphatic heterocycles. The lowest BCUT2D eigenvalue weighted by Gasteiger charge is -2.38. The van der Waals surface area contributed by atoms with Crippen LogP contribution in [-0.4, -0.2) is 4.57 Å². The summed E-state index contributed by atoms with van der Waals surface area (Å²) < 4.78 is 2.50. The molecule has 0 bridgehead atoms. The molecule has 11 aromatic rings. The summed E-state index contributed by atoms with van der Waals surface area (Å²) in [6, 6.07) is 85.2. The van der Waals surface area contributed by atoms with E-state index in [0.717, 1.165) is 22.7 Å². The number of anilines is 3. The lowest BCUT2D eigenvalue weighted by Crippen LogP contribution is -2.30. The van der Waals surface area contributed by atoms with Gasteiger partial charge in [-0.1, -0.05) is 164 Å². The van der Waals surface area contributed by atoms with Crippen molar-refractivity contribution in [1.82, 2.24) is 4.57 Å². The first-order valence-corrected chi connectivity index (χ1v) is 21.2. The van der Waals surface area contributed by atoms with Crippen LogP contribution in [0, 0.1) is 0 Å². The maximum Gasteiger partial charge on any atom is 0.0726 e. The molecule has 0 radical (unpaired) electrons. The number of benzene rings is 10. The van der Waals surface area contributed by atoms with E-state index in [4.69, 9.17) is 0 Å². The minimum absolute atomic E-state index is 0.501. The molecule has 61 heavy (non-hydrogen) atoms. The highest BCUT2D eigenvalue weighted by atomic mass is 15.1. The Hall–Kier alpha value is -7.94. The molecule has 1 spiro atoms. The van der Waals surface area contributed by atoms with E-state index < -0.39 is 5.41 Å². The summed E-state index contributed by atoms with van der Waals surface area (Å²) in [7, 11) is 0. The lowest BCUT2D eigenvalue weighted by molar-refractivity contribution is 0.783. The van der Waals surface area contributed by atoms with E-state index in [0.29, 0.717) is 0 Å². The number of fused-ring (bicyclic) bond motifs is 7. The zero-order chi connectivity index (χ0) is 40.1. The van der Waals surface area contributed by atoms with Gasteiger partial charge in [-0.05, 0) is 133 Å². The maximum absolute atomic E-state index is 2.53.